The number of nitrogens with one attached hydrogen (secondary N) is 1. The number of hydrogen-bond acceptors (Lipinski definition) is 4. The highest BCUT2D eigenvalue weighted by atomic mass is 32.1. The molecule has 0 saturated carbocycles. The van der Waals surface area contributed by atoms with Crippen molar-refractivity contribution in [1.82, 2.24) is 24.7 Å². The zero-order valence-corrected chi connectivity index (χ0v) is 21.9. The molecule has 2 saturated heterocycles. The Balaban J connectivity index is 1.55. The van der Waals surface area contributed by atoms with E-state index in [9.17, 15) is 0 Å². The molecule has 184 valence electrons. The van der Waals surface area contributed by atoms with E-state index in [4.69, 9.17) is 21.9 Å². The molecule has 3 aromatic rings. The number of pyridine rings is 1. The summed E-state index contributed by atoms with van der Waals surface area (Å²) in [5.74, 6) is 0. The third-order valence-electron chi connectivity index (χ3n) is 7.41. The maximum Gasteiger partial charge on any atom is 0.170 e. The first-order valence-corrected chi connectivity index (χ1v) is 12.9. The minimum absolute atomic E-state index is 0.000284. The molecule has 2 aliphatic heterocycles. The number of hydrogen-bond donors (Lipinski definition) is 1. The maximum absolute atomic E-state index is 5.92. The molecule has 0 unspecified atom stereocenters. The lowest BCUT2D eigenvalue weighted by molar-refractivity contribution is 0.0350. The zero-order chi connectivity index (χ0) is 24.5. The lowest BCUT2D eigenvalue weighted by Gasteiger charge is -2.32. The van der Waals surface area contributed by atoms with Crippen molar-refractivity contribution in [2.45, 2.75) is 39.8 Å². The summed E-state index contributed by atoms with van der Waals surface area (Å²) in [7, 11) is 0. The van der Waals surface area contributed by atoms with Crippen LogP contribution in [0.25, 0.3) is 5.69 Å². The van der Waals surface area contributed by atoms with Gasteiger partial charge in [0.2, 0.25) is 0 Å². The molecule has 5 rings (SSSR count). The highest BCUT2D eigenvalue weighted by Crippen LogP contribution is 2.41. The molecule has 0 radical (unpaired) electrons. The standard InChI is InChI=1S/C28H35N5OS/c1-19-8-7-9-20(2)26(19)33-21(3)18-23(22(33)4)27-25(24-10-5-6-11-29-24)30-28(35)32(27)13-12-31-14-16-34-17-15-31/h5-11,18,25,27H,12-17H2,1-4H3,(H,30,35)/t25-,27-/m1/s1. The predicted molar refractivity (Wildman–Crippen MR) is 144 cm³/mol. The number of nitrogens with zero attached hydrogens (tertiary/aromatic N) is 4. The van der Waals surface area contributed by atoms with E-state index in [2.05, 4.69) is 83.8 Å². The van der Waals surface area contributed by atoms with Crippen molar-refractivity contribution in [1.29, 1.82) is 0 Å². The molecule has 0 spiro atoms. The first-order chi connectivity index (χ1) is 17.0. The number of benzene rings is 1. The summed E-state index contributed by atoms with van der Waals surface area (Å²) in [4.78, 5) is 9.56. The van der Waals surface area contributed by atoms with Gasteiger partial charge < -0.3 is 19.5 Å². The van der Waals surface area contributed by atoms with Crippen LogP contribution in [0.3, 0.4) is 0 Å². The van der Waals surface area contributed by atoms with Crippen molar-refractivity contribution in [3.63, 3.8) is 0 Å². The van der Waals surface area contributed by atoms with Gasteiger partial charge in [0.05, 0.1) is 36.7 Å². The second kappa shape index (κ2) is 10.1. The van der Waals surface area contributed by atoms with E-state index in [-0.39, 0.29) is 12.1 Å². The van der Waals surface area contributed by atoms with Crippen LogP contribution >= 0.6 is 12.2 Å². The Kier molecular flexibility index (Phi) is 6.91. The molecule has 2 aliphatic rings. The van der Waals surface area contributed by atoms with Crippen LogP contribution in [-0.4, -0.2) is 63.9 Å². The number of ether oxygens (including phenoxy) is 1. The highest BCUT2D eigenvalue weighted by Gasteiger charge is 2.41. The van der Waals surface area contributed by atoms with E-state index in [0.717, 1.165) is 50.2 Å². The molecule has 6 nitrogen and oxygen atoms in total. The van der Waals surface area contributed by atoms with Gasteiger partial charge in [0, 0.05) is 43.8 Å². The van der Waals surface area contributed by atoms with Crippen LogP contribution in [0.2, 0.25) is 0 Å². The van der Waals surface area contributed by atoms with Gasteiger partial charge in [-0.15, -0.1) is 0 Å². The maximum atomic E-state index is 5.92. The summed E-state index contributed by atoms with van der Waals surface area (Å²) in [6.07, 6.45) is 1.87. The van der Waals surface area contributed by atoms with Crippen LogP contribution in [0.5, 0.6) is 0 Å². The van der Waals surface area contributed by atoms with Gasteiger partial charge in [-0.1, -0.05) is 24.3 Å². The van der Waals surface area contributed by atoms with Crippen molar-refractivity contribution in [3.8, 4) is 5.69 Å². The van der Waals surface area contributed by atoms with Gasteiger partial charge in [0.25, 0.3) is 0 Å². The van der Waals surface area contributed by atoms with Crippen LogP contribution in [0.1, 0.15) is 45.9 Å². The van der Waals surface area contributed by atoms with Gasteiger partial charge in [-0.25, -0.2) is 0 Å². The Labute approximate surface area is 213 Å². The molecule has 1 aromatic carbocycles. The van der Waals surface area contributed by atoms with E-state index in [0.29, 0.717) is 0 Å². The summed E-state index contributed by atoms with van der Waals surface area (Å²) < 4.78 is 7.96. The Morgan fingerprint density at radius 1 is 1.00 bits per heavy atom. The number of aromatic nitrogens is 2. The van der Waals surface area contributed by atoms with Gasteiger partial charge >= 0.3 is 0 Å². The summed E-state index contributed by atoms with van der Waals surface area (Å²) in [5, 5.41) is 4.42. The van der Waals surface area contributed by atoms with E-state index in [1.54, 1.807) is 0 Å². The molecular formula is C28H35N5OS. The molecule has 0 aliphatic carbocycles. The normalized spacial score (nSPS) is 20.9. The van der Waals surface area contributed by atoms with Crippen molar-refractivity contribution in [2.75, 3.05) is 39.4 Å². The third kappa shape index (κ3) is 4.60. The largest absolute Gasteiger partial charge is 0.379 e. The monoisotopic (exact) mass is 489 g/mol. The smallest absolute Gasteiger partial charge is 0.170 e. The summed E-state index contributed by atoms with van der Waals surface area (Å²) in [6, 6.07) is 15.1. The molecule has 35 heavy (non-hydrogen) atoms. The minimum Gasteiger partial charge on any atom is -0.379 e. The number of aryl methyl sites for hydroxylation is 3. The first-order valence-electron chi connectivity index (χ1n) is 12.5. The SMILES string of the molecule is Cc1cccc(C)c1-n1c(C)cc([C@@H]2[C@@H](c3ccccn3)NC(=S)N2CCN2CCOCC2)c1C. The molecule has 4 heterocycles. The Morgan fingerprint density at radius 3 is 2.43 bits per heavy atom. The van der Waals surface area contributed by atoms with E-state index < -0.39 is 0 Å². The second-order valence-electron chi connectivity index (χ2n) is 9.68. The van der Waals surface area contributed by atoms with Crippen molar-refractivity contribution in [2.24, 2.45) is 0 Å². The van der Waals surface area contributed by atoms with Gasteiger partial charge in [-0.2, -0.15) is 0 Å². The molecule has 1 N–H and O–H groups in total. The quantitative estimate of drug-likeness (QED) is 0.518. The third-order valence-corrected chi connectivity index (χ3v) is 7.76. The van der Waals surface area contributed by atoms with E-state index >= 15 is 0 Å². The molecule has 0 bridgehead atoms. The van der Waals surface area contributed by atoms with Gasteiger partial charge in [0.1, 0.15) is 0 Å². The van der Waals surface area contributed by atoms with Gasteiger partial charge in [-0.05, 0) is 74.8 Å². The van der Waals surface area contributed by atoms with E-state index in [1.807, 2.05) is 12.3 Å². The number of thiocarbonyl (C=S) groups is 1. The van der Waals surface area contributed by atoms with Crippen LogP contribution in [-0.2, 0) is 4.74 Å². The van der Waals surface area contributed by atoms with Crippen molar-refractivity contribution in [3.05, 3.63) is 82.4 Å². The lowest BCUT2D eigenvalue weighted by atomic mass is 9.96. The van der Waals surface area contributed by atoms with Crippen LogP contribution < -0.4 is 5.32 Å². The fourth-order valence-electron chi connectivity index (χ4n) is 5.65. The fraction of sp³-hybridized carbons (Fsp3) is 0.429. The number of rotatable bonds is 6. The second-order valence-corrected chi connectivity index (χ2v) is 10.1. The van der Waals surface area contributed by atoms with Crippen molar-refractivity contribution < 1.29 is 4.74 Å². The summed E-state index contributed by atoms with van der Waals surface area (Å²) in [6.45, 7) is 14.2. The average molecular weight is 490 g/mol. The lowest BCUT2D eigenvalue weighted by Crippen LogP contribution is -2.42. The number of morpholine rings is 1. The van der Waals surface area contributed by atoms with Gasteiger partial charge in [-0.3, -0.25) is 9.88 Å². The Bertz CT molecular complexity index is 1180. The highest BCUT2D eigenvalue weighted by molar-refractivity contribution is 7.80. The van der Waals surface area contributed by atoms with Crippen LogP contribution in [0, 0.1) is 27.7 Å². The van der Waals surface area contributed by atoms with Crippen LogP contribution in [0.15, 0.2) is 48.7 Å². The van der Waals surface area contributed by atoms with Crippen molar-refractivity contribution >= 4 is 17.3 Å². The first kappa shape index (κ1) is 24.0. The molecule has 2 fully saturated rings. The molecule has 2 atom stereocenters. The van der Waals surface area contributed by atoms with Gasteiger partial charge in [0.15, 0.2) is 5.11 Å². The number of para-hydroxylation sites is 1. The zero-order valence-electron chi connectivity index (χ0n) is 21.1. The Morgan fingerprint density at radius 2 is 1.74 bits per heavy atom. The summed E-state index contributed by atoms with van der Waals surface area (Å²) >= 11 is 5.92. The molecule has 7 heteroatoms. The fourth-order valence-corrected chi connectivity index (χ4v) is 5.98. The van der Waals surface area contributed by atoms with E-state index in [1.165, 1.54) is 33.8 Å². The summed E-state index contributed by atoms with van der Waals surface area (Å²) in [5.41, 5.74) is 8.65. The average Bonchev–Trinajstić information content (AvgIpc) is 3.34. The molecule has 2 aromatic heterocycles. The topological polar surface area (TPSA) is 45.6 Å². The predicted octanol–water partition coefficient (Wildman–Crippen LogP) is 4.41. The minimum atomic E-state index is 0.000284. The Hall–Kier alpha value is -2.74. The van der Waals surface area contributed by atoms with Crippen LogP contribution in [0.4, 0.5) is 0 Å². The molecule has 0 amide bonds. The molecular weight excluding hydrogens is 454 g/mol.